The van der Waals surface area contributed by atoms with Crippen LogP contribution in [-0.4, -0.2) is 55.3 Å². The van der Waals surface area contributed by atoms with Crippen molar-refractivity contribution in [2.75, 3.05) is 44.3 Å². The Hall–Kier alpha value is -0.650. The molecule has 3 heterocycles. The van der Waals surface area contributed by atoms with Crippen molar-refractivity contribution in [2.45, 2.75) is 17.8 Å². The number of rotatable bonds is 3. The topological polar surface area (TPSA) is 28.6 Å². The monoisotopic (exact) mass is 325 g/mol. The third-order valence-corrected chi connectivity index (χ3v) is 4.66. The minimum atomic E-state index is 0.668. The zero-order valence-electron chi connectivity index (χ0n) is 11.1. The minimum Gasteiger partial charge on any atom is -0.379 e. The molecule has 0 amide bonds. The number of halogens is 1. The van der Waals surface area contributed by atoms with E-state index >= 15 is 0 Å². The lowest BCUT2D eigenvalue weighted by Gasteiger charge is -2.32. The molecule has 1 aromatic rings. The van der Waals surface area contributed by atoms with Crippen molar-refractivity contribution < 1.29 is 4.74 Å². The Kier molecular flexibility index (Phi) is 4.35. The smallest absolute Gasteiger partial charge is 0.128 e. The third kappa shape index (κ3) is 3.09. The van der Waals surface area contributed by atoms with Crippen LogP contribution >= 0.6 is 15.9 Å². The largest absolute Gasteiger partial charge is 0.379 e. The number of hydrogen-bond donors (Lipinski definition) is 0. The van der Waals surface area contributed by atoms with E-state index in [4.69, 9.17) is 4.74 Å². The lowest BCUT2D eigenvalue weighted by Crippen LogP contribution is -2.44. The van der Waals surface area contributed by atoms with Crippen LogP contribution in [-0.2, 0) is 10.1 Å². The van der Waals surface area contributed by atoms with Crippen LogP contribution in [0.1, 0.15) is 12.0 Å². The first-order valence-corrected chi connectivity index (χ1v) is 8.06. The second-order valence-electron chi connectivity index (χ2n) is 5.20. The summed E-state index contributed by atoms with van der Waals surface area (Å²) < 4.78 is 5.42. The summed E-state index contributed by atoms with van der Waals surface area (Å²) in [5.74, 6) is 1.11. The van der Waals surface area contributed by atoms with E-state index in [1.165, 1.54) is 12.0 Å². The van der Waals surface area contributed by atoms with Gasteiger partial charge in [0.25, 0.3) is 0 Å². The van der Waals surface area contributed by atoms with E-state index in [2.05, 4.69) is 42.8 Å². The highest BCUT2D eigenvalue weighted by molar-refractivity contribution is 9.08. The number of anilines is 1. The van der Waals surface area contributed by atoms with Crippen molar-refractivity contribution in [3.8, 4) is 0 Å². The van der Waals surface area contributed by atoms with Gasteiger partial charge in [0.1, 0.15) is 5.82 Å². The fourth-order valence-corrected chi connectivity index (χ4v) is 3.21. The number of morpholine rings is 1. The summed E-state index contributed by atoms with van der Waals surface area (Å²) in [6.45, 7) is 6.13. The number of ether oxygens (including phenoxy) is 1. The minimum absolute atomic E-state index is 0.668. The molecule has 2 aliphatic heterocycles. The van der Waals surface area contributed by atoms with Crippen LogP contribution in [0.2, 0.25) is 0 Å². The standard InChI is InChI=1S/C14H20BrN3O/c15-9-12-1-2-14(16-10-12)18-4-3-13(11-18)17-5-7-19-8-6-17/h1-2,10,13H,3-9,11H2. The molecule has 1 unspecified atom stereocenters. The molecule has 0 aromatic carbocycles. The fourth-order valence-electron chi connectivity index (χ4n) is 2.87. The summed E-state index contributed by atoms with van der Waals surface area (Å²) in [5.41, 5.74) is 1.23. The van der Waals surface area contributed by atoms with Crippen molar-refractivity contribution in [3.05, 3.63) is 23.9 Å². The first-order chi connectivity index (χ1) is 9.36. The van der Waals surface area contributed by atoms with Crippen LogP contribution in [0.25, 0.3) is 0 Å². The number of alkyl halides is 1. The Morgan fingerprint density at radius 1 is 1.26 bits per heavy atom. The molecule has 0 aliphatic carbocycles. The van der Waals surface area contributed by atoms with Gasteiger partial charge in [0.15, 0.2) is 0 Å². The molecule has 0 radical (unpaired) electrons. The predicted molar refractivity (Wildman–Crippen MR) is 79.9 cm³/mol. The average molecular weight is 326 g/mol. The van der Waals surface area contributed by atoms with E-state index in [1.807, 2.05) is 6.20 Å². The third-order valence-electron chi connectivity index (χ3n) is 4.01. The molecule has 5 heteroatoms. The van der Waals surface area contributed by atoms with E-state index < -0.39 is 0 Å². The Morgan fingerprint density at radius 3 is 2.79 bits per heavy atom. The SMILES string of the molecule is BrCc1ccc(N2CCC(N3CCOCC3)C2)nc1. The van der Waals surface area contributed by atoms with Crippen molar-refractivity contribution in [3.63, 3.8) is 0 Å². The molecule has 2 saturated heterocycles. The quantitative estimate of drug-likeness (QED) is 0.793. The lowest BCUT2D eigenvalue weighted by molar-refractivity contribution is 0.0209. The van der Waals surface area contributed by atoms with Crippen LogP contribution < -0.4 is 4.90 Å². The van der Waals surface area contributed by atoms with Crippen LogP contribution in [0.4, 0.5) is 5.82 Å². The van der Waals surface area contributed by atoms with Gasteiger partial charge in [0.05, 0.1) is 13.2 Å². The zero-order chi connectivity index (χ0) is 13.1. The van der Waals surface area contributed by atoms with E-state index in [-0.39, 0.29) is 0 Å². The summed E-state index contributed by atoms with van der Waals surface area (Å²) in [4.78, 5) is 9.53. The van der Waals surface area contributed by atoms with Crippen molar-refractivity contribution >= 4 is 21.7 Å². The zero-order valence-corrected chi connectivity index (χ0v) is 12.7. The molecule has 2 aliphatic rings. The van der Waals surface area contributed by atoms with E-state index in [0.717, 1.165) is 50.5 Å². The van der Waals surface area contributed by atoms with E-state index in [1.54, 1.807) is 0 Å². The molecule has 1 atom stereocenters. The van der Waals surface area contributed by atoms with Crippen LogP contribution in [0.3, 0.4) is 0 Å². The molecule has 0 bridgehead atoms. The van der Waals surface area contributed by atoms with Gasteiger partial charge in [-0.15, -0.1) is 0 Å². The summed E-state index contributed by atoms with van der Waals surface area (Å²) >= 11 is 3.46. The molecule has 0 spiro atoms. The lowest BCUT2D eigenvalue weighted by atomic mass is 10.2. The van der Waals surface area contributed by atoms with Gasteiger partial charge in [-0.3, -0.25) is 4.90 Å². The maximum atomic E-state index is 5.42. The Labute approximate surface area is 122 Å². The Balaban J connectivity index is 1.61. The molecule has 104 valence electrons. The van der Waals surface area contributed by atoms with Crippen molar-refractivity contribution in [2.24, 2.45) is 0 Å². The molecular formula is C14H20BrN3O. The maximum Gasteiger partial charge on any atom is 0.128 e. The Bertz CT molecular complexity index is 406. The van der Waals surface area contributed by atoms with Gasteiger partial charge in [0, 0.05) is 43.7 Å². The average Bonchev–Trinajstić information content (AvgIpc) is 2.98. The van der Waals surface area contributed by atoms with Crippen LogP contribution in [0.5, 0.6) is 0 Å². The predicted octanol–water partition coefficient (Wildman–Crippen LogP) is 1.89. The van der Waals surface area contributed by atoms with Gasteiger partial charge in [-0.1, -0.05) is 22.0 Å². The molecule has 0 N–H and O–H groups in total. The first-order valence-electron chi connectivity index (χ1n) is 6.94. The first kappa shape index (κ1) is 13.3. The van der Waals surface area contributed by atoms with Crippen molar-refractivity contribution in [1.29, 1.82) is 0 Å². The molecule has 2 fully saturated rings. The van der Waals surface area contributed by atoms with Gasteiger partial charge in [0.2, 0.25) is 0 Å². The number of aromatic nitrogens is 1. The summed E-state index contributed by atoms with van der Waals surface area (Å²) in [7, 11) is 0. The highest BCUT2D eigenvalue weighted by Crippen LogP contribution is 2.22. The van der Waals surface area contributed by atoms with Gasteiger partial charge in [-0.05, 0) is 18.1 Å². The maximum absolute atomic E-state index is 5.42. The van der Waals surface area contributed by atoms with Gasteiger partial charge < -0.3 is 9.64 Å². The highest BCUT2D eigenvalue weighted by Gasteiger charge is 2.29. The molecule has 0 saturated carbocycles. The van der Waals surface area contributed by atoms with Crippen LogP contribution in [0, 0.1) is 0 Å². The fraction of sp³-hybridized carbons (Fsp3) is 0.643. The second kappa shape index (κ2) is 6.20. The van der Waals surface area contributed by atoms with Crippen LogP contribution in [0.15, 0.2) is 18.3 Å². The molecule has 19 heavy (non-hydrogen) atoms. The summed E-state index contributed by atoms with van der Waals surface area (Å²) in [6, 6.07) is 4.96. The molecule has 1 aromatic heterocycles. The summed E-state index contributed by atoms with van der Waals surface area (Å²) in [6.07, 6.45) is 3.20. The number of nitrogens with zero attached hydrogens (tertiary/aromatic N) is 3. The van der Waals surface area contributed by atoms with Gasteiger partial charge >= 0.3 is 0 Å². The van der Waals surface area contributed by atoms with Crippen molar-refractivity contribution in [1.82, 2.24) is 9.88 Å². The molecular weight excluding hydrogens is 306 g/mol. The normalized spacial score (nSPS) is 24.9. The molecule has 3 rings (SSSR count). The number of pyridine rings is 1. The number of hydrogen-bond acceptors (Lipinski definition) is 4. The van der Waals surface area contributed by atoms with E-state index in [0.29, 0.717) is 6.04 Å². The molecule has 4 nitrogen and oxygen atoms in total. The Morgan fingerprint density at radius 2 is 2.11 bits per heavy atom. The van der Waals surface area contributed by atoms with Gasteiger partial charge in [-0.25, -0.2) is 4.98 Å². The second-order valence-corrected chi connectivity index (χ2v) is 5.76. The summed E-state index contributed by atoms with van der Waals surface area (Å²) in [5, 5.41) is 0.872. The highest BCUT2D eigenvalue weighted by atomic mass is 79.9. The van der Waals surface area contributed by atoms with Gasteiger partial charge in [-0.2, -0.15) is 0 Å². The van der Waals surface area contributed by atoms with E-state index in [9.17, 15) is 0 Å².